The number of sulfonamides is 1. The van der Waals surface area contributed by atoms with Crippen LogP contribution in [0.5, 0.6) is 0 Å². The Bertz CT molecular complexity index is 1780. The Morgan fingerprint density at radius 2 is 1.52 bits per heavy atom. The van der Waals surface area contributed by atoms with Gasteiger partial charge in [-0.05, 0) is 43.4 Å². The van der Waals surface area contributed by atoms with Gasteiger partial charge in [-0.15, -0.1) is 0 Å². The molecule has 5 rings (SSSR count). The molecular weight excluding hydrogens is 546 g/mol. The molecule has 0 amide bonds. The minimum absolute atomic E-state index is 0.104. The Kier molecular flexibility index (Phi) is 8.90. The van der Waals surface area contributed by atoms with Crippen molar-refractivity contribution in [2.75, 3.05) is 30.8 Å². The van der Waals surface area contributed by atoms with Crippen molar-refractivity contribution in [3.05, 3.63) is 114 Å². The van der Waals surface area contributed by atoms with Crippen LogP contribution >= 0.6 is 0 Å². The summed E-state index contributed by atoms with van der Waals surface area (Å²) in [5.74, 6) is 0.233. The second-order valence-corrected chi connectivity index (χ2v) is 12.4. The van der Waals surface area contributed by atoms with Crippen LogP contribution in [0.15, 0.2) is 101 Å². The zero-order valence-corrected chi connectivity index (χ0v) is 25.0. The van der Waals surface area contributed by atoms with Crippen LogP contribution in [0.2, 0.25) is 0 Å². The number of fused-ring (bicyclic) bond motifs is 1. The number of anilines is 1. The fourth-order valence-electron chi connectivity index (χ4n) is 5.27. The highest BCUT2D eigenvalue weighted by molar-refractivity contribution is 7.92. The smallest absolute Gasteiger partial charge is 0.232 e. The second kappa shape index (κ2) is 12.8. The number of nitrogens with zero attached hydrogens (tertiary/aromatic N) is 1. The Morgan fingerprint density at radius 3 is 2.17 bits per heavy atom. The number of hydrogen-bond acceptors (Lipinski definition) is 5. The van der Waals surface area contributed by atoms with Gasteiger partial charge in [0.05, 0.1) is 17.5 Å². The van der Waals surface area contributed by atoms with E-state index in [1.54, 1.807) is 6.07 Å². The Hall–Kier alpha value is -4.20. The average molecular weight is 582 g/mol. The summed E-state index contributed by atoms with van der Waals surface area (Å²) in [6.07, 6.45) is 3.62. The van der Waals surface area contributed by atoms with E-state index in [0.29, 0.717) is 46.5 Å². The maximum atomic E-state index is 13.4. The van der Waals surface area contributed by atoms with E-state index in [2.05, 4.69) is 12.1 Å². The number of ketones is 1. The molecule has 42 heavy (non-hydrogen) atoms. The molecule has 0 fully saturated rings. The molecule has 0 bridgehead atoms. The normalized spacial score (nSPS) is 11.6. The number of unbranched alkanes of at least 4 members (excludes halogenated alkanes) is 1. The molecule has 5 aromatic rings. The van der Waals surface area contributed by atoms with Crippen molar-refractivity contribution in [2.45, 2.75) is 26.2 Å². The molecule has 0 aliphatic heterocycles. The Morgan fingerprint density at radius 1 is 0.857 bits per heavy atom. The van der Waals surface area contributed by atoms with E-state index >= 15 is 0 Å². The number of Topliss-reactive ketones (excluding diaryl/α,β-unsaturated/α-hetero) is 1. The van der Waals surface area contributed by atoms with Crippen molar-refractivity contribution in [3.8, 4) is 22.5 Å². The summed E-state index contributed by atoms with van der Waals surface area (Å²) in [6, 6.07) is 31.2. The molecule has 7 heteroatoms. The topological polar surface area (TPSA) is 76.8 Å². The fourth-order valence-corrected chi connectivity index (χ4v) is 6.24. The summed E-state index contributed by atoms with van der Waals surface area (Å²) in [6.45, 7) is 2.21. The lowest BCUT2D eigenvalue weighted by atomic mass is 9.97. The Balaban J connectivity index is 1.64. The molecule has 0 N–H and O–H groups in total. The third-order valence-corrected chi connectivity index (χ3v) is 8.53. The van der Waals surface area contributed by atoms with Gasteiger partial charge >= 0.3 is 0 Å². The molecule has 0 radical (unpaired) electrons. The maximum Gasteiger partial charge on any atom is 0.232 e. The molecular formula is C35H35NO5S. The van der Waals surface area contributed by atoms with Gasteiger partial charge in [0.25, 0.3) is 0 Å². The Labute approximate surface area is 247 Å². The molecule has 0 spiro atoms. The number of carbonyl (C=O) groups excluding carboxylic acids is 1. The van der Waals surface area contributed by atoms with E-state index in [-0.39, 0.29) is 12.4 Å². The number of benzene rings is 4. The second-order valence-electron chi connectivity index (χ2n) is 10.5. The summed E-state index contributed by atoms with van der Waals surface area (Å²) in [7, 11) is -2.16. The summed E-state index contributed by atoms with van der Waals surface area (Å²) in [5, 5.41) is 0.618. The van der Waals surface area contributed by atoms with Crippen LogP contribution in [0.4, 0.5) is 5.69 Å². The zero-order chi connectivity index (χ0) is 29.7. The number of hydrogen-bond donors (Lipinski definition) is 0. The fraction of sp³-hybridized carbons (Fsp3) is 0.229. The molecule has 0 atom stereocenters. The quantitative estimate of drug-likeness (QED) is 0.112. The third kappa shape index (κ3) is 6.48. The van der Waals surface area contributed by atoms with Gasteiger partial charge in [0.15, 0.2) is 5.78 Å². The van der Waals surface area contributed by atoms with E-state index < -0.39 is 10.0 Å². The molecule has 0 unspecified atom stereocenters. The number of ether oxygens (including phenoxy) is 1. The van der Waals surface area contributed by atoms with Crippen molar-refractivity contribution in [3.63, 3.8) is 0 Å². The SMILES string of the molecule is COCC(=O)c1c(-c2ccc(C)cc2)oc2cc(N(CCCCc3ccccc3)S(C)(=O)=O)c(-c3ccccc3)cc12. The molecule has 0 saturated carbocycles. The van der Waals surface area contributed by atoms with E-state index in [1.807, 2.05) is 85.8 Å². The zero-order valence-electron chi connectivity index (χ0n) is 24.2. The lowest BCUT2D eigenvalue weighted by molar-refractivity contribution is 0.0849. The van der Waals surface area contributed by atoms with Crippen molar-refractivity contribution in [2.24, 2.45) is 0 Å². The van der Waals surface area contributed by atoms with Crippen LogP contribution in [-0.2, 0) is 21.2 Å². The van der Waals surface area contributed by atoms with E-state index in [0.717, 1.165) is 29.5 Å². The van der Waals surface area contributed by atoms with Crippen LogP contribution in [0.1, 0.15) is 34.3 Å². The first-order chi connectivity index (χ1) is 20.3. The average Bonchev–Trinajstić information content (AvgIpc) is 3.36. The van der Waals surface area contributed by atoms with E-state index in [1.165, 1.54) is 23.2 Å². The maximum absolute atomic E-state index is 13.4. The molecule has 216 valence electrons. The van der Waals surface area contributed by atoms with Crippen molar-refractivity contribution in [1.29, 1.82) is 0 Å². The van der Waals surface area contributed by atoms with Crippen LogP contribution in [0.3, 0.4) is 0 Å². The highest BCUT2D eigenvalue weighted by Crippen LogP contribution is 2.42. The number of rotatable bonds is 12. The summed E-state index contributed by atoms with van der Waals surface area (Å²) < 4.78 is 39.6. The van der Waals surface area contributed by atoms with Crippen LogP contribution in [0, 0.1) is 6.92 Å². The van der Waals surface area contributed by atoms with Gasteiger partial charge in [-0.1, -0.05) is 90.5 Å². The van der Waals surface area contributed by atoms with Crippen LogP contribution in [0.25, 0.3) is 33.4 Å². The monoisotopic (exact) mass is 581 g/mol. The molecule has 0 aliphatic carbocycles. The molecule has 1 aromatic heterocycles. The van der Waals surface area contributed by atoms with Crippen LogP contribution < -0.4 is 4.31 Å². The van der Waals surface area contributed by atoms with E-state index in [9.17, 15) is 13.2 Å². The lowest BCUT2D eigenvalue weighted by Gasteiger charge is -2.25. The van der Waals surface area contributed by atoms with Gasteiger partial charge in [0.1, 0.15) is 18.0 Å². The minimum Gasteiger partial charge on any atom is -0.455 e. The van der Waals surface area contributed by atoms with Gasteiger partial charge in [0.2, 0.25) is 10.0 Å². The van der Waals surface area contributed by atoms with Crippen molar-refractivity contribution in [1.82, 2.24) is 0 Å². The highest BCUT2D eigenvalue weighted by Gasteiger charge is 2.27. The number of methoxy groups -OCH3 is 1. The van der Waals surface area contributed by atoms with Crippen LogP contribution in [-0.4, -0.2) is 40.7 Å². The third-order valence-electron chi connectivity index (χ3n) is 7.35. The first-order valence-corrected chi connectivity index (χ1v) is 15.9. The standard InChI is InChI=1S/C35H35NO5S/c1-25-17-19-28(20-18-25)35-34(32(37)24-40-2)30-22-29(27-15-8-5-9-16-27)31(23-33(30)41-35)36(42(3,38)39)21-11-10-14-26-12-6-4-7-13-26/h4-9,12-13,15-20,22-23H,10-11,14,21,24H2,1-3H3. The molecule has 6 nitrogen and oxygen atoms in total. The molecule has 4 aromatic carbocycles. The lowest BCUT2D eigenvalue weighted by Crippen LogP contribution is -2.31. The molecule has 0 saturated heterocycles. The van der Waals surface area contributed by atoms with Gasteiger partial charge in [-0.25, -0.2) is 8.42 Å². The van der Waals surface area contributed by atoms with Gasteiger partial charge in [-0.2, -0.15) is 0 Å². The summed E-state index contributed by atoms with van der Waals surface area (Å²) in [5.41, 5.74) is 6.01. The van der Waals surface area contributed by atoms with E-state index in [4.69, 9.17) is 9.15 Å². The predicted octanol–water partition coefficient (Wildman–Crippen LogP) is 7.69. The number of aryl methyl sites for hydroxylation is 2. The predicted molar refractivity (Wildman–Crippen MR) is 170 cm³/mol. The largest absolute Gasteiger partial charge is 0.455 e. The van der Waals surface area contributed by atoms with Crippen molar-refractivity contribution >= 4 is 32.5 Å². The summed E-state index contributed by atoms with van der Waals surface area (Å²) in [4.78, 5) is 13.4. The first-order valence-electron chi connectivity index (χ1n) is 14.0. The van der Waals surface area contributed by atoms with Gasteiger partial charge in [0, 0.05) is 36.2 Å². The highest BCUT2D eigenvalue weighted by atomic mass is 32.2. The number of carbonyl (C=O) groups is 1. The minimum atomic E-state index is -3.64. The van der Waals surface area contributed by atoms with Gasteiger partial charge < -0.3 is 9.15 Å². The molecule has 0 aliphatic rings. The summed E-state index contributed by atoms with van der Waals surface area (Å²) >= 11 is 0. The molecule has 1 heterocycles. The first kappa shape index (κ1) is 29.3. The van der Waals surface area contributed by atoms with Crippen molar-refractivity contribution < 1.29 is 22.4 Å². The van der Waals surface area contributed by atoms with Gasteiger partial charge in [-0.3, -0.25) is 9.10 Å². The number of furan rings is 1.